The van der Waals surface area contributed by atoms with Gasteiger partial charge >= 0.3 is 0 Å². The van der Waals surface area contributed by atoms with E-state index in [1.807, 2.05) is 29.8 Å². The Morgan fingerprint density at radius 1 is 1.27 bits per heavy atom. The predicted molar refractivity (Wildman–Crippen MR) is 56.6 cm³/mol. The molecule has 76 valence electrons. The van der Waals surface area contributed by atoms with Crippen molar-refractivity contribution < 1.29 is 0 Å². The molecule has 0 fully saturated rings. The van der Waals surface area contributed by atoms with Crippen molar-refractivity contribution in [2.45, 2.75) is 13.5 Å². The van der Waals surface area contributed by atoms with Crippen LogP contribution in [0.3, 0.4) is 0 Å². The maximum atomic E-state index is 10.8. The summed E-state index contributed by atoms with van der Waals surface area (Å²) in [7, 11) is 0. The number of hydrogen-bond acceptors (Lipinski definition) is 3. The van der Waals surface area contributed by atoms with Gasteiger partial charge in [0.2, 0.25) is 0 Å². The van der Waals surface area contributed by atoms with E-state index in [4.69, 9.17) is 0 Å². The maximum Gasteiger partial charge on any atom is 0.272 e. The molecule has 0 radical (unpaired) electrons. The summed E-state index contributed by atoms with van der Waals surface area (Å²) in [6.45, 7) is 2.63. The van der Waals surface area contributed by atoms with Gasteiger partial charge in [-0.1, -0.05) is 6.07 Å². The van der Waals surface area contributed by atoms with Crippen molar-refractivity contribution in [1.82, 2.24) is 14.5 Å². The van der Waals surface area contributed by atoms with Gasteiger partial charge in [-0.05, 0) is 18.6 Å². The second-order valence-electron chi connectivity index (χ2n) is 3.38. The van der Waals surface area contributed by atoms with Crippen LogP contribution in [0.15, 0.2) is 41.7 Å². The van der Waals surface area contributed by atoms with Crippen molar-refractivity contribution in [3.63, 3.8) is 0 Å². The van der Waals surface area contributed by atoms with Crippen LogP contribution in [0, 0.1) is 6.92 Å². The van der Waals surface area contributed by atoms with E-state index in [1.54, 1.807) is 6.20 Å². The average Bonchev–Trinajstić information content (AvgIpc) is 2.25. The molecule has 2 heterocycles. The van der Waals surface area contributed by atoms with Crippen LogP contribution in [0.4, 0.5) is 0 Å². The van der Waals surface area contributed by atoms with E-state index in [0.717, 1.165) is 11.3 Å². The van der Waals surface area contributed by atoms with Gasteiger partial charge < -0.3 is 4.57 Å². The van der Waals surface area contributed by atoms with Crippen molar-refractivity contribution in [2.75, 3.05) is 0 Å². The molecule has 0 aliphatic heterocycles. The number of rotatable bonds is 2. The summed E-state index contributed by atoms with van der Waals surface area (Å²) in [5.74, 6) is 0. The molecule has 0 saturated heterocycles. The highest BCUT2D eigenvalue weighted by atomic mass is 16.1. The Morgan fingerprint density at radius 2 is 2.13 bits per heavy atom. The Morgan fingerprint density at radius 3 is 2.73 bits per heavy atom. The third-order valence-electron chi connectivity index (χ3n) is 2.08. The van der Waals surface area contributed by atoms with E-state index < -0.39 is 0 Å². The van der Waals surface area contributed by atoms with Crippen molar-refractivity contribution in [1.29, 1.82) is 0 Å². The van der Waals surface area contributed by atoms with Gasteiger partial charge in [0.15, 0.2) is 0 Å². The standard InChI is InChI=1S/C11H11N3O/c1-9-2-3-10(6-12-9)7-14-5-4-11(15)13-8-14/h2-6,8H,7H2,1H3. The van der Waals surface area contributed by atoms with Crippen LogP contribution in [0.5, 0.6) is 0 Å². The molecule has 0 N–H and O–H groups in total. The smallest absolute Gasteiger partial charge is 0.272 e. The molecule has 0 saturated carbocycles. The Labute approximate surface area is 87.2 Å². The molecule has 0 aromatic carbocycles. The van der Waals surface area contributed by atoms with Gasteiger partial charge in [-0.15, -0.1) is 0 Å². The lowest BCUT2D eigenvalue weighted by atomic mass is 10.2. The van der Waals surface area contributed by atoms with Crippen LogP contribution in [0.1, 0.15) is 11.3 Å². The molecule has 2 aromatic heterocycles. The van der Waals surface area contributed by atoms with Gasteiger partial charge in [-0.2, -0.15) is 4.98 Å². The van der Waals surface area contributed by atoms with E-state index in [-0.39, 0.29) is 5.56 Å². The number of pyridine rings is 1. The molecule has 0 spiro atoms. The van der Waals surface area contributed by atoms with E-state index in [9.17, 15) is 4.79 Å². The summed E-state index contributed by atoms with van der Waals surface area (Å²) in [6, 6.07) is 5.42. The van der Waals surface area contributed by atoms with E-state index >= 15 is 0 Å². The fourth-order valence-corrected chi connectivity index (χ4v) is 1.27. The van der Waals surface area contributed by atoms with Crippen molar-refractivity contribution in [3.8, 4) is 0 Å². The van der Waals surface area contributed by atoms with E-state index in [2.05, 4.69) is 9.97 Å². The second-order valence-corrected chi connectivity index (χ2v) is 3.38. The summed E-state index contributed by atoms with van der Waals surface area (Å²) in [5.41, 5.74) is 1.87. The van der Waals surface area contributed by atoms with Crippen molar-refractivity contribution in [2.24, 2.45) is 0 Å². The highest BCUT2D eigenvalue weighted by Gasteiger charge is 1.94. The molecule has 0 bridgehead atoms. The topological polar surface area (TPSA) is 47.8 Å². The Balaban J connectivity index is 2.18. The first-order valence-corrected chi connectivity index (χ1v) is 4.68. The molecular formula is C11H11N3O. The molecule has 0 aliphatic carbocycles. The molecular weight excluding hydrogens is 190 g/mol. The Hall–Kier alpha value is -1.97. The molecule has 0 amide bonds. The fraction of sp³-hybridized carbons (Fsp3) is 0.182. The lowest BCUT2D eigenvalue weighted by Crippen LogP contribution is -2.09. The first kappa shape index (κ1) is 9.58. The summed E-state index contributed by atoms with van der Waals surface area (Å²) in [4.78, 5) is 18.7. The zero-order chi connectivity index (χ0) is 10.7. The SMILES string of the molecule is Cc1ccc(Cn2ccc(=O)nc2)cn1. The van der Waals surface area contributed by atoms with Crippen molar-refractivity contribution in [3.05, 3.63) is 58.5 Å². The van der Waals surface area contributed by atoms with Gasteiger partial charge in [0, 0.05) is 30.7 Å². The molecule has 2 aromatic rings. The van der Waals surface area contributed by atoms with E-state index in [0.29, 0.717) is 6.54 Å². The third-order valence-corrected chi connectivity index (χ3v) is 2.08. The summed E-state index contributed by atoms with van der Waals surface area (Å²) in [5, 5.41) is 0. The van der Waals surface area contributed by atoms with Gasteiger partial charge in [0.25, 0.3) is 5.56 Å². The normalized spacial score (nSPS) is 10.2. The monoisotopic (exact) mass is 201 g/mol. The largest absolute Gasteiger partial charge is 0.334 e. The molecule has 15 heavy (non-hydrogen) atoms. The molecule has 0 unspecified atom stereocenters. The summed E-state index contributed by atoms with van der Waals surface area (Å²) in [6.07, 6.45) is 5.07. The number of nitrogens with zero attached hydrogens (tertiary/aromatic N) is 3. The molecule has 4 heteroatoms. The number of aryl methyl sites for hydroxylation is 1. The zero-order valence-electron chi connectivity index (χ0n) is 8.42. The zero-order valence-corrected chi connectivity index (χ0v) is 8.42. The van der Waals surface area contributed by atoms with Crippen LogP contribution in [0.2, 0.25) is 0 Å². The molecule has 4 nitrogen and oxygen atoms in total. The van der Waals surface area contributed by atoms with Gasteiger partial charge in [0.1, 0.15) is 0 Å². The number of hydrogen-bond donors (Lipinski definition) is 0. The minimum atomic E-state index is -0.215. The summed E-state index contributed by atoms with van der Waals surface area (Å²) < 4.78 is 1.84. The second kappa shape index (κ2) is 4.04. The maximum absolute atomic E-state index is 10.8. The highest BCUT2D eigenvalue weighted by Crippen LogP contribution is 2.01. The lowest BCUT2D eigenvalue weighted by molar-refractivity contribution is 0.756. The van der Waals surface area contributed by atoms with Crippen LogP contribution in [-0.4, -0.2) is 14.5 Å². The average molecular weight is 201 g/mol. The van der Waals surface area contributed by atoms with E-state index in [1.165, 1.54) is 12.4 Å². The molecule has 0 atom stereocenters. The molecule has 2 rings (SSSR count). The van der Waals surface area contributed by atoms with Crippen LogP contribution >= 0.6 is 0 Å². The summed E-state index contributed by atoms with van der Waals surface area (Å²) >= 11 is 0. The predicted octanol–water partition coefficient (Wildman–Crippen LogP) is 0.995. The quantitative estimate of drug-likeness (QED) is 0.728. The fourth-order valence-electron chi connectivity index (χ4n) is 1.27. The Bertz CT molecular complexity index is 481. The van der Waals surface area contributed by atoms with Crippen LogP contribution in [-0.2, 0) is 6.54 Å². The van der Waals surface area contributed by atoms with Gasteiger partial charge in [-0.25, -0.2) is 0 Å². The highest BCUT2D eigenvalue weighted by molar-refractivity contribution is 5.13. The molecule has 0 aliphatic rings. The Kier molecular flexibility index (Phi) is 2.58. The first-order chi connectivity index (χ1) is 7.24. The first-order valence-electron chi connectivity index (χ1n) is 4.68. The van der Waals surface area contributed by atoms with Gasteiger partial charge in [-0.3, -0.25) is 9.78 Å². The van der Waals surface area contributed by atoms with Crippen LogP contribution in [0.25, 0.3) is 0 Å². The minimum absolute atomic E-state index is 0.215. The third kappa shape index (κ3) is 2.49. The lowest BCUT2D eigenvalue weighted by Gasteiger charge is -2.04. The van der Waals surface area contributed by atoms with Gasteiger partial charge in [0.05, 0.1) is 6.33 Å². The minimum Gasteiger partial charge on any atom is -0.334 e. The van der Waals surface area contributed by atoms with Crippen molar-refractivity contribution >= 4 is 0 Å². The van der Waals surface area contributed by atoms with Crippen LogP contribution < -0.4 is 5.56 Å². The number of aromatic nitrogens is 3.